The van der Waals surface area contributed by atoms with Gasteiger partial charge in [0.05, 0.1) is 5.69 Å². The predicted molar refractivity (Wildman–Crippen MR) is 72.7 cm³/mol. The minimum atomic E-state index is -0.0545. The predicted octanol–water partition coefficient (Wildman–Crippen LogP) is 2.47. The van der Waals surface area contributed by atoms with Crippen molar-refractivity contribution in [3.05, 3.63) is 30.2 Å². The Labute approximate surface area is 111 Å². The van der Waals surface area contributed by atoms with Crippen molar-refractivity contribution in [3.63, 3.8) is 0 Å². The molecule has 2 heterocycles. The first-order valence-corrected chi connectivity index (χ1v) is 6.82. The summed E-state index contributed by atoms with van der Waals surface area (Å²) in [5, 5.41) is 10.1. The summed E-state index contributed by atoms with van der Waals surface area (Å²) in [4.78, 5) is 15.1. The first kappa shape index (κ1) is 12.0. The largest absolute Gasteiger partial charge is 0.367 e. The zero-order valence-electron chi connectivity index (χ0n) is 10.8. The maximum absolute atomic E-state index is 12.1. The van der Waals surface area contributed by atoms with Gasteiger partial charge in [-0.15, -0.1) is 0 Å². The van der Waals surface area contributed by atoms with E-state index in [0.717, 1.165) is 24.1 Å². The SMILES string of the molecule is O=C(NC1CCCCC1)c1cc(-c2cc[nH]c2)n[nH]1. The summed E-state index contributed by atoms with van der Waals surface area (Å²) in [5.74, 6) is -0.0545. The highest BCUT2D eigenvalue weighted by Crippen LogP contribution is 2.19. The Morgan fingerprint density at radius 1 is 1.32 bits per heavy atom. The van der Waals surface area contributed by atoms with E-state index in [4.69, 9.17) is 0 Å². The number of H-pyrrole nitrogens is 2. The zero-order chi connectivity index (χ0) is 13.1. The zero-order valence-corrected chi connectivity index (χ0v) is 10.8. The van der Waals surface area contributed by atoms with Crippen LogP contribution in [0, 0.1) is 0 Å². The Balaban J connectivity index is 1.67. The quantitative estimate of drug-likeness (QED) is 0.791. The van der Waals surface area contributed by atoms with E-state index >= 15 is 0 Å². The van der Waals surface area contributed by atoms with Gasteiger partial charge in [-0.05, 0) is 25.0 Å². The standard InChI is InChI=1S/C14H18N4O/c19-14(16-11-4-2-1-3-5-11)13-8-12(17-18-13)10-6-7-15-9-10/h6-9,11,15H,1-5H2,(H,16,19)(H,17,18). The van der Waals surface area contributed by atoms with E-state index in [9.17, 15) is 4.79 Å². The summed E-state index contributed by atoms with van der Waals surface area (Å²) in [6.45, 7) is 0. The lowest BCUT2D eigenvalue weighted by atomic mass is 9.95. The van der Waals surface area contributed by atoms with E-state index in [2.05, 4.69) is 20.5 Å². The van der Waals surface area contributed by atoms with Gasteiger partial charge in [0.25, 0.3) is 5.91 Å². The molecule has 0 spiro atoms. The van der Waals surface area contributed by atoms with Crippen molar-refractivity contribution < 1.29 is 4.79 Å². The number of aromatic nitrogens is 3. The van der Waals surface area contributed by atoms with Crippen LogP contribution >= 0.6 is 0 Å². The first-order valence-electron chi connectivity index (χ1n) is 6.82. The van der Waals surface area contributed by atoms with Crippen LogP contribution in [0.4, 0.5) is 0 Å². The van der Waals surface area contributed by atoms with Crippen LogP contribution in [0.15, 0.2) is 24.5 Å². The van der Waals surface area contributed by atoms with E-state index in [-0.39, 0.29) is 5.91 Å². The molecule has 0 aromatic carbocycles. The number of carbonyl (C=O) groups is 1. The number of hydrogen-bond acceptors (Lipinski definition) is 2. The second-order valence-corrected chi connectivity index (χ2v) is 5.07. The maximum atomic E-state index is 12.1. The highest BCUT2D eigenvalue weighted by molar-refractivity contribution is 5.93. The summed E-state index contributed by atoms with van der Waals surface area (Å²) in [6, 6.07) is 4.04. The van der Waals surface area contributed by atoms with Gasteiger partial charge >= 0.3 is 0 Å². The van der Waals surface area contributed by atoms with Gasteiger partial charge in [0, 0.05) is 24.0 Å². The van der Waals surface area contributed by atoms with Gasteiger partial charge in [-0.2, -0.15) is 5.10 Å². The molecule has 0 unspecified atom stereocenters. The molecular formula is C14H18N4O. The van der Waals surface area contributed by atoms with Gasteiger partial charge in [0.1, 0.15) is 5.69 Å². The molecule has 19 heavy (non-hydrogen) atoms. The normalized spacial score (nSPS) is 16.4. The fourth-order valence-corrected chi connectivity index (χ4v) is 2.58. The third-order valence-electron chi connectivity index (χ3n) is 3.66. The van der Waals surface area contributed by atoms with Gasteiger partial charge in [-0.1, -0.05) is 19.3 Å². The molecule has 3 rings (SSSR count). The summed E-state index contributed by atoms with van der Waals surface area (Å²) in [6.07, 6.45) is 9.58. The van der Waals surface area contributed by atoms with Gasteiger partial charge < -0.3 is 10.3 Å². The van der Waals surface area contributed by atoms with Crippen molar-refractivity contribution in [2.75, 3.05) is 0 Å². The van der Waals surface area contributed by atoms with E-state index in [1.165, 1.54) is 19.3 Å². The number of aromatic amines is 2. The lowest BCUT2D eigenvalue weighted by molar-refractivity contribution is 0.0922. The van der Waals surface area contributed by atoms with Crippen LogP contribution in [0.25, 0.3) is 11.3 Å². The van der Waals surface area contributed by atoms with Crippen LogP contribution in [0.1, 0.15) is 42.6 Å². The molecule has 5 heteroatoms. The third-order valence-corrected chi connectivity index (χ3v) is 3.66. The lowest BCUT2D eigenvalue weighted by Gasteiger charge is -2.22. The molecule has 3 N–H and O–H groups in total. The molecule has 0 bridgehead atoms. The van der Waals surface area contributed by atoms with Crippen molar-refractivity contribution in [1.82, 2.24) is 20.5 Å². The Hall–Kier alpha value is -2.04. The highest BCUT2D eigenvalue weighted by Gasteiger charge is 2.18. The van der Waals surface area contributed by atoms with Crippen molar-refractivity contribution in [2.45, 2.75) is 38.1 Å². The van der Waals surface area contributed by atoms with Crippen LogP contribution in [0.3, 0.4) is 0 Å². The lowest BCUT2D eigenvalue weighted by Crippen LogP contribution is -2.36. The van der Waals surface area contributed by atoms with Crippen LogP contribution in [0.5, 0.6) is 0 Å². The number of amides is 1. The van der Waals surface area contributed by atoms with Gasteiger partial charge in [0.15, 0.2) is 0 Å². The summed E-state index contributed by atoms with van der Waals surface area (Å²) >= 11 is 0. The smallest absolute Gasteiger partial charge is 0.269 e. The van der Waals surface area contributed by atoms with Crippen LogP contribution in [-0.4, -0.2) is 27.1 Å². The Kier molecular flexibility index (Phi) is 3.35. The van der Waals surface area contributed by atoms with Crippen LogP contribution in [0.2, 0.25) is 0 Å². The molecule has 2 aromatic rings. The number of hydrogen-bond donors (Lipinski definition) is 3. The van der Waals surface area contributed by atoms with E-state index in [0.29, 0.717) is 11.7 Å². The highest BCUT2D eigenvalue weighted by atomic mass is 16.2. The molecule has 2 aromatic heterocycles. The number of rotatable bonds is 3. The van der Waals surface area contributed by atoms with Crippen LogP contribution < -0.4 is 5.32 Å². The Morgan fingerprint density at radius 3 is 2.89 bits per heavy atom. The fraction of sp³-hybridized carbons (Fsp3) is 0.429. The second-order valence-electron chi connectivity index (χ2n) is 5.07. The van der Waals surface area contributed by atoms with E-state index < -0.39 is 0 Å². The molecule has 1 aliphatic carbocycles. The van der Waals surface area contributed by atoms with E-state index in [1.54, 1.807) is 6.07 Å². The molecule has 0 atom stereocenters. The van der Waals surface area contributed by atoms with Gasteiger partial charge in [0.2, 0.25) is 0 Å². The Bertz CT molecular complexity index is 538. The van der Waals surface area contributed by atoms with Gasteiger partial charge in [-0.25, -0.2) is 0 Å². The molecule has 5 nitrogen and oxygen atoms in total. The molecule has 1 amide bonds. The molecule has 0 radical (unpaired) electrons. The minimum Gasteiger partial charge on any atom is -0.367 e. The molecule has 0 aliphatic heterocycles. The summed E-state index contributed by atoms with van der Waals surface area (Å²) in [7, 11) is 0. The van der Waals surface area contributed by atoms with Crippen molar-refractivity contribution in [1.29, 1.82) is 0 Å². The van der Waals surface area contributed by atoms with Gasteiger partial charge in [-0.3, -0.25) is 9.89 Å². The van der Waals surface area contributed by atoms with Crippen molar-refractivity contribution in [2.24, 2.45) is 0 Å². The summed E-state index contributed by atoms with van der Waals surface area (Å²) in [5.41, 5.74) is 2.30. The molecular weight excluding hydrogens is 240 g/mol. The van der Waals surface area contributed by atoms with Crippen LogP contribution in [-0.2, 0) is 0 Å². The average Bonchev–Trinajstić information content (AvgIpc) is 3.11. The molecule has 1 fully saturated rings. The number of carbonyl (C=O) groups excluding carboxylic acids is 1. The molecule has 100 valence electrons. The third kappa shape index (κ3) is 2.70. The molecule has 1 saturated carbocycles. The molecule has 0 saturated heterocycles. The minimum absolute atomic E-state index is 0.0545. The topological polar surface area (TPSA) is 73.6 Å². The van der Waals surface area contributed by atoms with E-state index in [1.807, 2.05) is 18.5 Å². The number of nitrogens with zero attached hydrogens (tertiary/aromatic N) is 1. The van der Waals surface area contributed by atoms with Crippen molar-refractivity contribution >= 4 is 5.91 Å². The Morgan fingerprint density at radius 2 is 2.16 bits per heavy atom. The fourth-order valence-electron chi connectivity index (χ4n) is 2.58. The van der Waals surface area contributed by atoms with Crippen molar-refractivity contribution in [3.8, 4) is 11.3 Å². The second kappa shape index (κ2) is 5.30. The number of nitrogens with one attached hydrogen (secondary N) is 3. The summed E-state index contributed by atoms with van der Waals surface area (Å²) < 4.78 is 0. The maximum Gasteiger partial charge on any atom is 0.269 e. The monoisotopic (exact) mass is 258 g/mol. The average molecular weight is 258 g/mol. The molecule has 1 aliphatic rings. The first-order chi connectivity index (χ1) is 9.33.